The molecular formula is C19H29N3O2. The van der Waals surface area contributed by atoms with Crippen molar-refractivity contribution in [1.29, 1.82) is 0 Å². The summed E-state index contributed by atoms with van der Waals surface area (Å²) < 4.78 is 0. The molecule has 1 aromatic carbocycles. The van der Waals surface area contributed by atoms with Gasteiger partial charge in [-0.2, -0.15) is 0 Å². The van der Waals surface area contributed by atoms with Crippen molar-refractivity contribution >= 4 is 11.8 Å². The van der Waals surface area contributed by atoms with Crippen LogP contribution in [-0.4, -0.2) is 30.4 Å². The van der Waals surface area contributed by atoms with Crippen LogP contribution in [0.1, 0.15) is 44.6 Å². The molecule has 3 atom stereocenters. The molecule has 0 spiro atoms. The van der Waals surface area contributed by atoms with Crippen molar-refractivity contribution in [3.63, 3.8) is 0 Å². The summed E-state index contributed by atoms with van der Waals surface area (Å²) in [4.78, 5) is 24.8. The lowest BCUT2D eigenvalue weighted by Crippen LogP contribution is -2.51. The van der Waals surface area contributed by atoms with E-state index in [1.54, 1.807) is 0 Å². The number of carbonyl (C=O) groups excluding carboxylic acids is 2. The van der Waals surface area contributed by atoms with E-state index in [2.05, 4.69) is 10.6 Å². The van der Waals surface area contributed by atoms with E-state index in [4.69, 9.17) is 5.73 Å². The Labute approximate surface area is 144 Å². The monoisotopic (exact) mass is 331 g/mol. The summed E-state index contributed by atoms with van der Waals surface area (Å²) in [6, 6.07) is 9.25. The van der Waals surface area contributed by atoms with Crippen LogP contribution in [0.15, 0.2) is 30.3 Å². The molecule has 0 saturated heterocycles. The summed E-state index contributed by atoms with van der Waals surface area (Å²) in [5.74, 6) is 0.163. The summed E-state index contributed by atoms with van der Waals surface area (Å²) in [7, 11) is 0. The highest BCUT2D eigenvalue weighted by Gasteiger charge is 2.30. The number of carbonyl (C=O) groups is 2. The van der Waals surface area contributed by atoms with Crippen LogP contribution in [0.4, 0.5) is 0 Å². The molecule has 0 aromatic heterocycles. The van der Waals surface area contributed by atoms with Gasteiger partial charge in [0.15, 0.2) is 0 Å². The highest BCUT2D eigenvalue weighted by molar-refractivity contribution is 5.88. The van der Waals surface area contributed by atoms with Crippen molar-refractivity contribution in [2.75, 3.05) is 6.54 Å². The number of benzene rings is 1. The smallest absolute Gasteiger partial charge is 0.242 e. The minimum atomic E-state index is -0.467. The zero-order chi connectivity index (χ0) is 17.4. The predicted octanol–water partition coefficient (Wildman–Crippen LogP) is 1.76. The summed E-state index contributed by atoms with van der Waals surface area (Å²) in [6.07, 6.45) is 4.93. The molecule has 0 aliphatic heterocycles. The Morgan fingerprint density at radius 2 is 2.00 bits per heavy atom. The van der Waals surface area contributed by atoms with E-state index >= 15 is 0 Å². The minimum absolute atomic E-state index is 0.0800. The van der Waals surface area contributed by atoms with Gasteiger partial charge in [0, 0.05) is 6.04 Å². The number of hydrogen-bond acceptors (Lipinski definition) is 3. The molecule has 24 heavy (non-hydrogen) atoms. The summed E-state index contributed by atoms with van der Waals surface area (Å²) >= 11 is 0. The average Bonchev–Trinajstić information content (AvgIpc) is 3.02. The molecule has 1 saturated carbocycles. The average molecular weight is 331 g/mol. The molecule has 5 nitrogen and oxygen atoms in total. The summed E-state index contributed by atoms with van der Waals surface area (Å²) in [5, 5.41) is 5.99. The molecule has 2 rings (SSSR count). The fourth-order valence-corrected chi connectivity index (χ4v) is 3.38. The van der Waals surface area contributed by atoms with Crippen LogP contribution >= 0.6 is 0 Å². The molecule has 1 fully saturated rings. The molecule has 5 heteroatoms. The fraction of sp³-hybridized carbons (Fsp3) is 0.579. The van der Waals surface area contributed by atoms with Crippen molar-refractivity contribution in [2.45, 2.75) is 57.5 Å². The Balaban J connectivity index is 1.90. The number of nitrogens with one attached hydrogen (secondary N) is 2. The first kappa shape index (κ1) is 18.5. The van der Waals surface area contributed by atoms with Crippen molar-refractivity contribution in [3.05, 3.63) is 35.9 Å². The van der Waals surface area contributed by atoms with Crippen molar-refractivity contribution in [1.82, 2.24) is 10.6 Å². The predicted molar refractivity (Wildman–Crippen MR) is 95.3 cm³/mol. The quantitative estimate of drug-likeness (QED) is 0.678. The summed E-state index contributed by atoms with van der Waals surface area (Å²) in [5.41, 5.74) is 6.73. The Morgan fingerprint density at radius 1 is 1.25 bits per heavy atom. The van der Waals surface area contributed by atoms with Crippen LogP contribution in [0.5, 0.6) is 0 Å². The van der Waals surface area contributed by atoms with Gasteiger partial charge < -0.3 is 16.4 Å². The van der Waals surface area contributed by atoms with E-state index in [1.807, 2.05) is 37.3 Å². The molecule has 1 aliphatic carbocycles. The van der Waals surface area contributed by atoms with E-state index < -0.39 is 6.04 Å². The van der Waals surface area contributed by atoms with Gasteiger partial charge in [0.2, 0.25) is 11.8 Å². The van der Waals surface area contributed by atoms with Gasteiger partial charge in [0.25, 0.3) is 0 Å². The van der Waals surface area contributed by atoms with Crippen molar-refractivity contribution < 1.29 is 9.59 Å². The zero-order valence-electron chi connectivity index (χ0n) is 14.5. The normalized spacial score (nSPS) is 21.2. The first-order valence-corrected chi connectivity index (χ1v) is 8.97. The first-order chi connectivity index (χ1) is 11.6. The van der Waals surface area contributed by atoms with Crippen LogP contribution < -0.4 is 16.4 Å². The topological polar surface area (TPSA) is 84.2 Å². The molecule has 1 aliphatic rings. The third-order valence-corrected chi connectivity index (χ3v) is 4.73. The van der Waals surface area contributed by atoms with Crippen LogP contribution in [-0.2, 0) is 16.0 Å². The lowest BCUT2D eigenvalue weighted by molar-refractivity contribution is -0.129. The molecule has 3 unspecified atom stereocenters. The van der Waals surface area contributed by atoms with Gasteiger partial charge in [-0.05, 0) is 37.3 Å². The van der Waals surface area contributed by atoms with Crippen LogP contribution in [0.2, 0.25) is 0 Å². The number of rotatable bonds is 8. The lowest BCUT2D eigenvalue weighted by Gasteiger charge is -2.24. The maximum Gasteiger partial charge on any atom is 0.242 e. The number of amides is 2. The first-order valence-electron chi connectivity index (χ1n) is 8.97. The van der Waals surface area contributed by atoms with Gasteiger partial charge in [0.1, 0.15) is 6.04 Å². The molecule has 1 aromatic rings. The molecule has 2 amide bonds. The van der Waals surface area contributed by atoms with Gasteiger partial charge in [-0.25, -0.2) is 0 Å². The highest BCUT2D eigenvalue weighted by Crippen LogP contribution is 2.24. The van der Waals surface area contributed by atoms with Gasteiger partial charge in [-0.1, -0.05) is 50.1 Å². The zero-order valence-corrected chi connectivity index (χ0v) is 14.5. The Morgan fingerprint density at radius 3 is 2.67 bits per heavy atom. The van der Waals surface area contributed by atoms with E-state index in [1.165, 1.54) is 0 Å². The molecule has 4 N–H and O–H groups in total. The van der Waals surface area contributed by atoms with Gasteiger partial charge >= 0.3 is 0 Å². The van der Waals surface area contributed by atoms with Crippen molar-refractivity contribution in [3.8, 4) is 0 Å². The van der Waals surface area contributed by atoms with Gasteiger partial charge in [0.05, 0.1) is 6.42 Å². The molecule has 0 bridgehead atoms. The standard InChI is InChI=1S/C19H29N3O2/c1-2-7-17(19(24)22-16-11-6-10-15(16)13-20)21-18(23)12-14-8-4-3-5-9-14/h3-5,8-9,15-17H,2,6-7,10-13,20H2,1H3,(H,21,23)(H,22,24). The third kappa shape index (κ3) is 5.34. The van der Waals surface area contributed by atoms with Crippen molar-refractivity contribution in [2.24, 2.45) is 11.7 Å². The largest absolute Gasteiger partial charge is 0.351 e. The number of nitrogens with two attached hydrogens (primary N) is 1. The minimum Gasteiger partial charge on any atom is -0.351 e. The van der Waals surface area contributed by atoms with E-state index in [0.717, 1.165) is 31.2 Å². The summed E-state index contributed by atoms with van der Waals surface area (Å²) in [6.45, 7) is 2.62. The second-order valence-electron chi connectivity index (χ2n) is 6.61. The second-order valence-corrected chi connectivity index (χ2v) is 6.61. The fourth-order valence-electron chi connectivity index (χ4n) is 3.38. The maximum atomic E-state index is 12.6. The molecular weight excluding hydrogens is 302 g/mol. The van der Waals surface area contributed by atoms with Gasteiger partial charge in [-0.3, -0.25) is 9.59 Å². The highest BCUT2D eigenvalue weighted by atomic mass is 16.2. The van der Waals surface area contributed by atoms with Gasteiger partial charge in [-0.15, -0.1) is 0 Å². The lowest BCUT2D eigenvalue weighted by atomic mass is 10.0. The van der Waals surface area contributed by atoms with Crippen LogP contribution in [0.3, 0.4) is 0 Å². The van der Waals surface area contributed by atoms with E-state index in [9.17, 15) is 9.59 Å². The third-order valence-electron chi connectivity index (χ3n) is 4.73. The molecule has 0 radical (unpaired) electrons. The molecule has 132 valence electrons. The Hall–Kier alpha value is -1.88. The second kappa shape index (κ2) is 9.42. The Kier molecular flexibility index (Phi) is 7.25. The molecule has 0 heterocycles. The van der Waals surface area contributed by atoms with Crippen LogP contribution in [0, 0.1) is 5.92 Å². The van der Waals surface area contributed by atoms with E-state index in [-0.39, 0.29) is 17.9 Å². The van der Waals surface area contributed by atoms with Crippen LogP contribution in [0.25, 0.3) is 0 Å². The van der Waals surface area contributed by atoms with E-state index in [0.29, 0.717) is 25.3 Å². The SMILES string of the molecule is CCCC(NC(=O)Cc1ccccc1)C(=O)NC1CCCC1CN. The maximum absolute atomic E-state index is 12.6. The number of hydrogen-bond donors (Lipinski definition) is 3. The Bertz CT molecular complexity index is 533.